The maximum atomic E-state index is 12.8. The quantitative estimate of drug-likeness (QED) is 0.898. The average molecular weight is 321 g/mol. The molecule has 0 atom stereocenters. The Hall–Kier alpha value is -1.79. The SMILES string of the molecule is CC(C)(C)NS(=O)(=O)Nc1ccc(C#N)c(C(F)(F)F)c1. The van der Waals surface area contributed by atoms with Crippen molar-refractivity contribution in [1.29, 1.82) is 5.26 Å². The van der Waals surface area contributed by atoms with Gasteiger partial charge in [0, 0.05) is 5.54 Å². The van der Waals surface area contributed by atoms with E-state index in [0.29, 0.717) is 6.07 Å². The molecule has 116 valence electrons. The van der Waals surface area contributed by atoms with Gasteiger partial charge in [-0.1, -0.05) is 0 Å². The smallest absolute Gasteiger partial charge is 0.271 e. The van der Waals surface area contributed by atoms with Crippen molar-refractivity contribution in [1.82, 2.24) is 4.72 Å². The summed E-state index contributed by atoms with van der Waals surface area (Å²) < 4.78 is 66.1. The van der Waals surface area contributed by atoms with E-state index in [1.54, 1.807) is 20.8 Å². The maximum Gasteiger partial charge on any atom is 0.417 e. The molecule has 0 amide bonds. The zero-order valence-electron chi connectivity index (χ0n) is 11.5. The van der Waals surface area contributed by atoms with Crippen LogP contribution >= 0.6 is 0 Å². The van der Waals surface area contributed by atoms with E-state index in [9.17, 15) is 21.6 Å². The summed E-state index contributed by atoms with van der Waals surface area (Å²) in [5, 5.41) is 8.66. The molecule has 0 radical (unpaired) electrons. The number of hydrogen-bond donors (Lipinski definition) is 2. The van der Waals surface area contributed by atoms with E-state index in [-0.39, 0.29) is 5.69 Å². The van der Waals surface area contributed by atoms with Crippen LogP contribution in [-0.2, 0) is 16.4 Å². The zero-order chi connectivity index (χ0) is 16.5. The number of hydrogen-bond acceptors (Lipinski definition) is 3. The lowest BCUT2D eigenvalue weighted by molar-refractivity contribution is -0.137. The summed E-state index contributed by atoms with van der Waals surface area (Å²) in [5.41, 5.74) is -2.83. The van der Waals surface area contributed by atoms with Gasteiger partial charge in [-0.3, -0.25) is 4.72 Å². The Morgan fingerprint density at radius 3 is 2.19 bits per heavy atom. The van der Waals surface area contributed by atoms with Crippen molar-refractivity contribution >= 4 is 15.9 Å². The lowest BCUT2D eigenvalue weighted by Crippen LogP contribution is -2.43. The molecule has 21 heavy (non-hydrogen) atoms. The van der Waals surface area contributed by atoms with Gasteiger partial charge in [-0.15, -0.1) is 0 Å². The van der Waals surface area contributed by atoms with Crippen molar-refractivity contribution in [3.8, 4) is 6.07 Å². The summed E-state index contributed by atoms with van der Waals surface area (Å²) in [6.07, 6.45) is -4.75. The van der Waals surface area contributed by atoms with Crippen LogP contribution in [-0.4, -0.2) is 14.0 Å². The lowest BCUT2D eigenvalue weighted by Gasteiger charge is -2.21. The van der Waals surface area contributed by atoms with Crippen LogP contribution < -0.4 is 9.44 Å². The van der Waals surface area contributed by atoms with Crippen LogP contribution in [0.2, 0.25) is 0 Å². The second-order valence-corrected chi connectivity index (χ2v) is 6.74. The van der Waals surface area contributed by atoms with E-state index >= 15 is 0 Å². The summed E-state index contributed by atoms with van der Waals surface area (Å²) >= 11 is 0. The van der Waals surface area contributed by atoms with Crippen LogP contribution in [0.25, 0.3) is 0 Å². The van der Waals surface area contributed by atoms with Crippen molar-refractivity contribution in [2.24, 2.45) is 0 Å². The zero-order valence-corrected chi connectivity index (χ0v) is 12.4. The summed E-state index contributed by atoms with van der Waals surface area (Å²) in [5.74, 6) is 0. The first kappa shape index (κ1) is 17.3. The molecule has 2 N–H and O–H groups in total. The molecule has 0 saturated heterocycles. The molecule has 0 aromatic heterocycles. The van der Waals surface area contributed by atoms with Crippen LogP contribution in [0.15, 0.2) is 18.2 Å². The number of anilines is 1. The second-order valence-electron chi connectivity index (χ2n) is 5.33. The van der Waals surface area contributed by atoms with Crippen molar-refractivity contribution in [2.75, 3.05) is 4.72 Å². The highest BCUT2D eigenvalue weighted by molar-refractivity contribution is 7.90. The first-order valence-electron chi connectivity index (χ1n) is 5.77. The Bertz CT molecular complexity index is 670. The third-order valence-electron chi connectivity index (χ3n) is 2.14. The van der Waals surface area contributed by atoms with E-state index in [0.717, 1.165) is 12.1 Å². The highest BCUT2D eigenvalue weighted by Crippen LogP contribution is 2.33. The Morgan fingerprint density at radius 2 is 1.76 bits per heavy atom. The predicted octanol–water partition coefficient (Wildman–Crippen LogP) is 2.62. The Kier molecular flexibility index (Phi) is 4.55. The highest BCUT2D eigenvalue weighted by Gasteiger charge is 2.34. The van der Waals surface area contributed by atoms with E-state index in [4.69, 9.17) is 5.26 Å². The molecule has 0 aliphatic carbocycles. The fraction of sp³-hybridized carbons (Fsp3) is 0.417. The van der Waals surface area contributed by atoms with Crippen molar-refractivity contribution in [3.05, 3.63) is 29.3 Å². The van der Waals surface area contributed by atoms with Crippen LogP contribution in [0, 0.1) is 11.3 Å². The predicted molar refractivity (Wildman–Crippen MR) is 71.6 cm³/mol. The highest BCUT2D eigenvalue weighted by atomic mass is 32.2. The van der Waals surface area contributed by atoms with Gasteiger partial charge >= 0.3 is 6.18 Å². The van der Waals surface area contributed by atoms with Crippen molar-refractivity contribution < 1.29 is 21.6 Å². The largest absolute Gasteiger partial charge is 0.417 e. The van der Waals surface area contributed by atoms with E-state index < -0.39 is 33.1 Å². The number of nitrogens with zero attached hydrogens (tertiary/aromatic N) is 1. The monoisotopic (exact) mass is 321 g/mol. The summed E-state index contributed by atoms with van der Waals surface area (Å²) in [6.45, 7) is 4.77. The number of nitriles is 1. The minimum absolute atomic E-state index is 0.280. The van der Waals surface area contributed by atoms with Gasteiger partial charge in [-0.25, -0.2) is 0 Å². The van der Waals surface area contributed by atoms with Gasteiger partial charge in [0.25, 0.3) is 10.2 Å². The van der Waals surface area contributed by atoms with E-state index in [2.05, 4.69) is 4.72 Å². The van der Waals surface area contributed by atoms with Gasteiger partial charge in [-0.2, -0.15) is 31.6 Å². The van der Waals surface area contributed by atoms with Crippen LogP contribution in [0.1, 0.15) is 31.9 Å². The first-order chi connectivity index (χ1) is 9.34. The molecule has 1 aromatic carbocycles. The molecular formula is C12H14F3N3O2S. The molecule has 9 heteroatoms. The lowest BCUT2D eigenvalue weighted by atomic mass is 10.1. The molecule has 5 nitrogen and oxygen atoms in total. The summed E-state index contributed by atoms with van der Waals surface area (Å²) in [6, 6.07) is 4.01. The minimum Gasteiger partial charge on any atom is -0.271 e. The van der Waals surface area contributed by atoms with Crippen LogP contribution in [0.4, 0.5) is 18.9 Å². The molecular weight excluding hydrogens is 307 g/mol. The number of halogens is 3. The summed E-state index contributed by atoms with van der Waals surface area (Å²) in [4.78, 5) is 0. The molecule has 0 bridgehead atoms. The Labute approximate surface area is 121 Å². The van der Waals surface area contributed by atoms with Gasteiger partial charge < -0.3 is 0 Å². The molecule has 0 unspecified atom stereocenters. The first-order valence-corrected chi connectivity index (χ1v) is 7.25. The molecule has 0 saturated carbocycles. The van der Waals surface area contributed by atoms with E-state index in [1.807, 2.05) is 4.72 Å². The van der Waals surface area contributed by atoms with Crippen molar-refractivity contribution in [2.45, 2.75) is 32.5 Å². The Balaban J connectivity index is 3.15. The maximum absolute atomic E-state index is 12.8. The fourth-order valence-corrected chi connectivity index (χ4v) is 2.82. The third kappa shape index (κ3) is 5.24. The number of rotatable bonds is 3. The third-order valence-corrected chi connectivity index (χ3v) is 3.52. The molecule has 1 aromatic rings. The standard InChI is InChI=1S/C12H14F3N3O2S/c1-11(2,3)18-21(19,20)17-9-5-4-8(7-16)10(6-9)12(13,14)15/h4-6,17-18H,1-3H3. The average Bonchev–Trinajstić information content (AvgIpc) is 2.23. The van der Waals surface area contributed by atoms with Gasteiger partial charge in [0.1, 0.15) is 0 Å². The molecule has 0 aliphatic rings. The molecule has 0 spiro atoms. The normalized spacial score (nSPS) is 12.8. The van der Waals surface area contributed by atoms with E-state index in [1.165, 1.54) is 6.07 Å². The van der Waals surface area contributed by atoms with Crippen molar-refractivity contribution in [3.63, 3.8) is 0 Å². The fourth-order valence-electron chi connectivity index (χ4n) is 1.52. The second kappa shape index (κ2) is 5.54. The minimum atomic E-state index is -4.75. The molecule has 0 aliphatic heterocycles. The molecule has 0 fully saturated rings. The number of benzene rings is 1. The Morgan fingerprint density at radius 1 is 1.19 bits per heavy atom. The van der Waals surface area contributed by atoms with Crippen LogP contribution in [0.3, 0.4) is 0 Å². The molecule has 1 rings (SSSR count). The van der Waals surface area contributed by atoms with Gasteiger partial charge in [0.15, 0.2) is 0 Å². The van der Waals surface area contributed by atoms with Gasteiger partial charge in [0.05, 0.1) is 22.9 Å². The van der Waals surface area contributed by atoms with Gasteiger partial charge in [-0.05, 0) is 39.0 Å². The van der Waals surface area contributed by atoms with Gasteiger partial charge in [0.2, 0.25) is 0 Å². The topological polar surface area (TPSA) is 82.0 Å². The number of nitrogens with one attached hydrogen (secondary N) is 2. The molecule has 0 heterocycles. The van der Waals surface area contributed by atoms with Crippen LogP contribution in [0.5, 0.6) is 0 Å². The number of alkyl halides is 3. The summed E-state index contributed by atoms with van der Waals surface area (Å²) in [7, 11) is -4.02.